The highest BCUT2D eigenvalue weighted by molar-refractivity contribution is 5.78. The second kappa shape index (κ2) is 5.59. The Morgan fingerprint density at radius 2 is 2.43 bits per heavy atom. The molecule has 1 fully saturated rings. The summed E-state index contributed by atoms with van der Waals surface area (Å²) in [7, 11) is 1.63. The highest BCUT2D eigenvalue weighted by Crippen LogP contribution is 1.99. The maximum Gasteiger partial charge on any atom is 0.221 e. The van der Waals surface area contributed by atoms with E-state index < -0.39 is 0 Å². The zero-order valence-corrected chi connectivity index (χ0v) is 8.43. The molecule has 0 aromatic rings. The minimum absolute atomic E-state index is 0.0624. The summed E-state index contributed by atoms with van der Waals surface area (Å²) in [6, 6.07) is 0.243. The van der Waals surface area contributed by atoms with E-state index in [4.69, 9.17) is 0 Å². The van der Waals surface area contributed by atoms with Crippen molar-refractivity contribution in [2.45, 2.75) is 25.3 Å². The molecule has 0 aliphatic carbocycles. The Morgan fingerprint density at radius 1 is 1.64 bits per heavy atom. The van der Waals surface area contributed by atoms with Gasteiger partial charge in [0.2, 0.25) is 11.8 Å². The molecule has 1 rings (SSSR count). The number of carbonyl (C=O) groups is 2. The van der Waals surface area contributed by atoms with Gasteiger partial charge in [-0.1, -0.05) is 0 Å². The first kappa shape index (κ1) is 11.0. The van der Waals surface area contributed by atoms with Gasteiger partial charge in [-0.25, -0.2) is 0 Å². The molecule has 0 aromatic heterocycles. The smallest absolute Gasteiger partial charge is 0.221 e. The standard InChI is InChI=1S/C9H17N3O2/c1-10-8(13)3-2-4-11-7-5-9(14)12-6-7/h7,11H,2-6H2,1H3,(H,10,13)(H,12,14). The summed E-state index contributed by atoms with van der Waals surface area (Å²) in [5.41, 5.74) is 0. The summed E-state index contributed by atoms with van der Waals surface area (Å²) in [5.74, 6) is 0.168. The summed E-state index contributed by atoms with van der Waals surface area (Å²) < 4.78 is 0. The third-order valence-electron chi connectivity index (χ3n) is 2.27. The normalized spacial score (nSPS) is 20.6. The summed E-state index contributed by atoms with van der Waals surface area (Å²) in [6.07, 6.45) is 1.90. The fourth-order valence-corrected chi connectivity index (χ4v) is 1.43. The first-order chi connectivity index (χ1) is 6.72. The number of nitrogens with one attached hydrogen (secondary N) is 3. The Balaban J connectivity index is 1.99. The molecule has 5 nitrogen and oxygen atoms in total. The second-order valence-corrected chi connectivity index (χ2v) is 3.44. The van der Waals surface area contributed by atoms with Crippen LogP contribution in [0.5, 0.6) is 0 Å². The van der Waals surface area contributed by atoms with Gasteiger partial charge < -0.3 is 16.0 Å². The van der Waals surface area contributed by atoms with Crippen LogP contribution in [0.2, 0.25) is 0 Å². The molecule has 0 bridgehead atoms. The second-order valence-electron chi connectivity index (χ2n) is 3.44. The van der Waals surface area contributed by atoms with Crippen molar-refractivity contribution >= 4 is 11.8 Å². The lowest BCUT2D eigenvalue weighted by atomic mass is 10.2. The van der Waals surface area contributed by atoms with Crippen LogP contribution in [0.3, 0.4) is 0 Å². The number of rotatable bonds is 5. The van der Waals surface area contributed by atoms with Gasteiger partial charge in [0.1, 0.15) is 0 Å². The van der Waals surface area contributed by atoms with Gasteiger partial charge in [0.25, 0.3) is 0 Å². The lowest BCUT2D eigenvalue weighted by molar-refractivity contribution is -0.121. The van der Waals surface area contributed by atoms with Crippen LogP contribution >= 0.6 is 0 Å². The van der Waals surface area contributed by atoms with E-state index >= 15 is 0 Å². The van der Waals surface area contributed by atoms with E-state index in [1.54, 1.807) is 7.05 Å². The minimum atomic E-state index is 0.0624. The van der Waals surface area contributed by atoms with Crippen molar-refractivity contribution in [2.75, 3.05) is 20.1 Å². The highest BCUT2D eigenvalue weighted by Gasteiger charge is 2.19. The van der Waals surface area contributed by atoms with Crippen molar-refractivity contribution in [1.29, 1.82) is 0 Å². The van der Waals surface area contributed by atoms with E-state index in [2.05, 4.69) is 16.0 Å². The predicted molar refractivity (Wildman–Crippen MR) is 52.7 cm³/mol. The van der Waals surface area contributed by atoms with Gasteiger partial charge in [-0.3, -0.25) is 9.59 Å². The minimum Gasteiger partial charge on any atom is -0.359 e. The van der Waals surface area contributed by atoms with E-state index in [-0.39, 0.29) is 17.9 Å². The topological polar surface area (TPSA) is 70.2 Å². The Morgan fingerprint density at radius 3 is 3.00 bits per heavy atom. The average molecular weight is 199 g/mol. The maximum atomic E-state index is 10.9. The zero-order valence-electron chi connectivity index (χ0n) is 8.43. The fourth-order valence-electron chi connectivity index (χ4n) is 1.43. The number of hydrogen-bond donors (Lipinski definition) is 3. The van der Waals surface area contributed by atoms with Crippen LogP contribution in [0.1, 0.15) is 19.3 Å². The predicted octanol–water partition coefficient (Wildman–Crippen LogP) is -1.01. The molecule has 1 saturated heterocycles. The molecule has 1 aliphatic heterocycles. The Bertz CT molecular complexity index is 218. The third-order valence-corrected chi connectivity index (χ3v) is 2.27. The Hall–Kier alpha value is -1.10. The van der Waals surface area contributed by atoms with Crippen LogP contribution in [0.15, 0.2) is 0 Å². The van der Waals surface area contributed by atoms with Gasteiger partial charge in [-0.15, -0.1) is 0 Å². The van der Waals surface area contributed by atoms with Crippen molar-refractivity contribution in [3.05, 3.63) is 0 Å². The lowest BCUT2D eigenvalue weighted by Crippen LogP contribution is -2.32. The van der Waals surface area contributed by atoms with Crippen LogP contribution in [-0.2, 0) is 9.59 Å². The molecule has 0 radical (unpaired) electrons. The van der Waals surface area contributed by atoms with Crippen LogP contribution in [0, 0.1) is 0 Å². The molecular weight excluding hydrogens is 182 g/mol. The molecule has 0 saturated carbocycles. The maximum absolute atomic E-state index is 10.9. The number of carbonyl (C=O) groups excluding carboxylic acids is 2. The van der Waals surface area contributed by atoms with Gasteiger partial charge in [0, 0.05) is 32.5 Å². The molecule has 1 aliphatic rings. The molecule has 0 spiro atoms. The van der Waals surface area contributed by atoms with Crippen LogP contribution in [-0.4, -0.2) is 38.0 Å². The van der Waals surface area contributed by atoms with Crippen molar-refractivity contribution in [3.63, 3.8) is 0 Å². The fraction of sp³-hybridized carbons (Fsp3) is 0.778. The first-order valence-corrected chi connectivity index (χ1v) is 4.93. The number of hydrogen-bond acceptors (Lipinski definition) is 3. The first-order valence-electron chi connectivity index (χ1n) is 4.93. The van der Waals surface area contributed by atoms with E-state index in [9.17, 15) is 9.59 Å². The molecule has 0 aromatic carbocycles. The zero-order chi connectivity index (χ0) is 10.4. The summed E-state index contributed by atoms with van der Waals surface area (Å²) in [6.45, 7) is 1.49. The van der Waals surface area contributed by atoms with E-state index in [1.807, 2.05) is 0 Å². The molecule has 1 heterocycles. The molecule has 2 amide bonds. The highest BCUT2D eigenvalue weighted by atomic mass is 16.2. The van der Waals surface area contributed by atoms with Gasteiger partial charge in [-0.05, 0) is 13.0 Å². The largest absolute Gasteiger partial charge is 0.359 e. The summed E-state index contributed by atoms with van der Waals surface area (Å²) >= 11 is 0. The molecule has 14 heavy (non-hydrogen) atoms. The van der Waals surface area contributed by atoms with E-state index in [0.29, 0.717) is 19.4 Å². The molecule has 80 valence electrons. The van der Waals surface area contributed by atoms with E-state index in [0.717, 1.165) is 13.0 Å². The van der Waals surface area contributed by atoms with Crippen LogP contribution in [0.4, 0.5) is 0 Å². The van der Waals surface area contributed by atoms with E-state index in [1.165, 1.54) is 0 Å². The van der Waals surface area contributed by atoms with Crippen LogP contribution < -0.4 is 16.0 Å². The lowest BCUT2D eigenvalue weighted by Gasteiger charge is -2.09. The Kier molecular flexibility index (Phi) is 4.39. The average Bonchev–Trinajstić information content (AvgIpc) is 2.58. The SMILES string of the molecule is CNC(=O)CCCNC1CNC(=O)C1. The monoisotopic (exact) mass is 199 g/mol. The molecule has 5 heteroatoms. The van der Waals surface area contributed by atoms with Crippen molar-refractivity contribution in [1.82, 2.24) is 16.0 Å². The van der Waals surface area contributed by atoms with Crippen molar-refractivity contribution in [3.8, 4) is 0 Å². The molecular formula is C9H17N3O2. The van der Waals surface area contributed by atoms with Crippen molar-refractivity contribution in [2.24, 2.45) is 0 Å². The number of amides is 2. The van der Waals surface area contributed by atoms with Gasteiger partial charge in [0.15, 0.2) is 0 Å². The van der Waals surface area contributed by atoms with Gasteiger partial charge in [-0.2, -0.15) is 0 Å². The third kappa shape index (κ3) is 3.74. The molecule has 1 unspecified atom stereocenters. The summed E-state index contributed by atoms with van der Waals surface area (Å²) in [4.78, 5) is 21.7. The van der Waals surface area contributed by atoms with Crippen molar-refractivity contribution < 1.29 is 9.59 Å². The summed E-state index contributed by atoms with van der Waals surface area (Å²) in [5, 5.41) is 8.55. The van der Waals surface area contributed by atoms with Gasteiger partial charge >= 0.3 is 0 Å². The quantitative estimate of drug-likeness (QED) is 0.497. The van der Waals surface area contributed by atoms with Crippen LogP contribution in [0.25, 0.3) is 0 Å². The Labute approximate surface area is 83.6 Å². The molecule has 1 atom stereocenters. The van der Waals surface area contributed by atoms with Gasteiger partial charge in [0.05, 0.1) is 0 Å². The molecule has 3 N–H and O–H groups in total.